The first-order valence-electron chi connectivity index (χ1n) is 10.1. The summed E-state index contributed by atoms with van der Waals surface area (Å²) in [5.74, 6) is 0.160. The molecule has 1 saturated carbocycles. The second-order valence-corrected chi connectivity index (χ2v) is 9.32. The van der Waals surface area contributed by atoms with Gasteiger partial charge < -0.3 is 15.2 Å². The molecule has 0 saturated heterocycles. The Bertz CT molecular complexity index is 823. The number of carbonyl (C=O) groups is 2. The van der Waals surface area contributed by atoms with Crippen LogP contribution in [0.3, 0.4) is 0 Å². The second-order valence-electron chi connectivity index (χ2n) is 9.32. The van der Waals surface area contributed by atoms with Gasteiger partial charge in [-0.2, -0.15) is 0 Å². The fourth-order valence-electron chi connectivity index (χ4n) is 4.03. The third-order valence-corrected chi connectivity index (χ3v) is 5.93. The number of hydrogen-bond donors (Lipinski definition) is 2. The number of nitrogens with one attached hydrogen (secondary N) is 1. The van der Waals surface area contributed by atoms with Crippen LogP contribution in [-0.2, 0) is 14.3 Å². The SMILES string of the molecule is Cc1ccc(C)c(C2=C(OC(=O)C(C)(C)C)C3(CCC(CO)CC3)NC2=O)c1. The fraction of sp³-hybridized carbons (Fsp3) is 0.565. The number of aliphatic hydroxyl groups is 1. The molecule has 0 aromatic heterocycles. The monoisotopic (exact) mass is 385 g/mol. The van der Waals surface area contributed by atoms with Gasteiger partial charge in [-0.25, -0.2) is 0 Å². The predicted molar refractivity (Wildman–Crippen MR) is 108 cm³/mol. The maximum atomic E-state index is 13.1. The van der Waals surface area contributed by atoms with Gasteiger partial charge in [0, 0.05) is 6.61 Å². The minimum absolute atomic E-state index is 0.148. The Hall–Kier alpha value is -2.14. The first kappa shape index (κ1) is 20.6. The molecule has 5 heteroatoms. The lowest BCUT2D eigenvalue weighted by molar-refractivity contribution is -0.150. The number of benzene rings is 1. The van der Waals surface area contributed by atoms with Gasteiger partial charge in [0.15, 0.2) is 0 Å². The summed E-state index contributed by atoms with van der Waals surface area (Å²) in [7, 11) is 0. The lowest BCUT2D eigenvalue weighted by Crippen LogP contribution is -2.48. The molecule has 0 bridgehead atoms. The lowest BCUT2D eigenvalue weighted by Gasteiger charge is -2.38. The fourth-order valence-corrected chi connectivity index (χ4v) is 4.03. The molecular formula is C23H31NO4. The van der Waals surface area contributed by atoms with E-state index in [1.54, 1.807) is 0 Å². The van der Waals surface area contributed by atoms with Crippen LogP contribution in [0.15, 0.2) is 24.0 Å². The third-order valence-electron chi connectivity index (χ3n) is 5.93. The Morgan fingerprint density at radius 1 is 1.25 bits per heavy atom. The molecule has 1 amide bonds. The van der Waals surface area contributed by atoms with Crippen LogP contribution in [0.5, 0.6) is 0 Å². The van der Waals surface area contributed by atoms with Gasteiger partial charge in [0.1, 0.15) is 5.76 Å². The number of hydrogen-bond acceptors (Lipinski definition) is 4. The van der Waals surface area contributed by atoms with Crippen LogP contribution in [0.2, 0.25) is 0 Å². The van der Waals surface area contributed by atoms with Crippen molar-refractivity contribution in [1.82, 2.24) is 5.32 Å². The molecule has 5 nitrogen and oxygen atoms in total. The van der Waals surface area contributed by atoms with Crippen molar-refractivity contribution in [2.45, 2.75) is 65.8 Å². The molecule has 0 radical (unpaired) electrons. The first-order chi connectivity index (χ1) is 13.1. The highest BCUT2D eigenvalue weighted by molar-refractivity contribution is 6.24. The number of amides is 1. The van der Waals surface area contributed by atoms with E-state index >= 15 is 0 Å². The minimum atomic E-state index is -0.672. The number of rotatable bonds is 3. The maximum absolute atomic E-state index is 13.1. The number of aliphatic hydroxyl groups excluding tert-OH is 1. The average molecular weight is 386 g/mol. The summed E-state index contributed by atoms with van der Waals surface area (Å²) in [6, 6.07) is 5.98. The zero-order valence-corrected chi connectivity index (χ0v) is 17.5. The van der Waals surface area contributed by atoms with Gasteiger partial charge in [-0.3, -0.25) is 9.59 Å². The molecule has 1 aliphatic heterocycles. The van der Waals surface area contributed by atoms with Crippen molar-refractivity contribution >= 4 is 17.4 Å². The van der Waals surface area contributed by atoms with Crippen LogP contribution in [0.25, 0.3) is 5.57 Å². The lowest BCUT2D eigenvalue weighted by atomic mass is 9.75. The molecule has 1 fully saturated rings. The molecule has 0 unspecified atom stereocenters. The summed E-state index contributed by atoms with van der Waals surface area (Å²) >= 11 is 0. The van der Waals surface area contributed by atoms with E-state index in [4.69, 9.17) is 4.74 Å². The van der Waals surface area contributed by atoms with E-state index in [0.29, 0.717) is 24.2 Å². The minimum Gasteiger partial charge on any atom is -0.427 e. The molecule has 152 valence electrons. The van der Waals surface area contributed by atoms with Gasteiger partial charge in [0.2, 0.25) is 0 Å². The van der Waals surface area contributed by atoms with Crippen LogP contribution in [-0.4, -0.2) is 29.1 Å². The Morgan fingerprint density at radius 3 is 2.46 bits per heavy atom. The summed E-state index contributed by atoms with van der Waals surface area (Å²) in [5, 5.41) is 12.6. The van der Waals surface area contributed by atoms with Crippen molar-refractivity contribution in [2.75, 3.05) is 6.61 Å². The van der Waals surface area contributed by atoms with E-state index in [1.807, 2.05) is 52.8 Å². The van der Waals surface area contributed by atoms with Gasteiger partial charge in [-0.1, -0.05) is 23.8 Å². The van der Waals surface area contributed by atoms with Gasteiger partial charge >= 0.3 is 5.97 Å². The third kappa shape index (κ3) is 3.72. The zero-order valence-electron chi connectivity index (χ0n) is 17.5. The number of esters is 1. The predicted octanol–water partition coefficient (Wildman–Crippen LogP) is 3.65. The van der Waals surface area contributed by atoms with E-state index in [-0.39, 0.29) is 24.4 Å². The van der Waals surface area contributed by atoms with Gasteiger partial charge in [-0.15, -0.1) is 0 Å². The molecule has 1 spiro atoms. The van der Waals surface area contributed by atoms with Crippen molar-refractivity contribution in [3.63, 3.8) is 0 Å². The van der Waals surface area contributed by atoms with Crippen molar-refractivity contribution in [2.24, 2.45) is 11.3 Å². The van der Waals surface area contributed by atoms with Crippen LogP contribution in [0.1, 0.15) is 63.1 Å². The standard InChI is InChI=1S/C23H31NO4/c1-14-6-7-15(2)17(12-14)18-19(28-21(27)22(3,4)5)23(24-20(18)26)10-8-16(13-25)9-11-23/h6-7,12,16,25H,8-11,13H2,1-5H3,(H,24,26). The van der Waals surface area contributed by atoms with E-state index < -0.39 is 11.0 Å². The molecule has 2 aliphatic rings. The summed E-state index contributed by atoms with van der Waals surface area (Å²) < 4.78 is 5.97. The van der Waals surface area contributed by atoms with Gasteiger partial charge in [0.25, 0.3) is 5.91 Å². The summed E-state index contributed by atoms with van der Waals surface area (Å²) in [6.45, 7) is 9.53. The Morgan fingerprint density at radius 2 is 1.89 bits per heavy atom. The van der Waals surface area contributed by atoms with E-state index in [9.17, 15) is 14.7 Å². The normalized spacial score (nSPS) is 25.2. The molecule has 3 rings (SSSR count). The van der Waals surface area contributed by atoms with Crippen LogP contribution < -0.4 is 5.32 Å². The second kappa shape index (κ2) is 7.36. The van der Waals surface area contributed by atoms with E-state index in [0.717, 1.165) is 29.5 Å². The Labute approximate surface area is 167 Å². The smallest absolute Gasteiger partial charge is 0.316 e. The molecule has 1 heterocycles. The largest absolute Gasteiger partial charge is 0.427 e. The van der Waals surface area contributed by atoms with Crippen molar-refractivity contribution in [1.29, 1.82) is 0 Å². The molecule has 1 aromatic rings. The summed E-state index contributed by atoms with van der Waals surface area (Å²) in [4.78, 5) is 25.9. The highest BCUT2D eigenvalue weighted by Gasteiger charge is 2.50. The molecule has 1 aliphatic carbocycles. The molecular weight excluding hydrogens is 354 g/mol. The van der Waals surface area contributed by atoms with Crippen LogP contribution >= 0.6 is 0 Å². The summed E-state index contributed by atoms with van der Waals surface area (Å²) in [6.07, 6.45) is 2.89. The quantitative estimate of drug-likeness (QED) is 0.779. The molecule has 0 atom stereocenters. The number of aryl methyl sites for hydroxylation is 2. The first-order valence-corrected chi connectivity index (χ1v) is 10.1. The highest BCUT2D eigenvalue weighted by Crippen LogP contribution is 2.45. The Kier molecular flexibility index (Phi) is 5.41. The topological polar surface area (TPSA) is 75.6 Å². The highest BCUT2D eigenvalue weighted by atomic mass is 16.5. The van der Waals surface area contributed by atoms with Gasteiger partial charge in [-0.05, 0) is 77.3 Å². The average Bonchev–Trinajstić information content (AvgIpc) is 2.88. The zero-order chi connectivity index (χ0) is 20.7. The van der Waals surface area contributed by atoms with Crippen molar-refractivity contribution in [3.05, 3.63) is 40.6 Å². The maximum Gasteiger partial charge on any atom is 0.316 e. The van der Waals surface area contributed by atoms with E-state index in [1.165, 1.54) is 0 Å². The van der Waals surface area contributed by atoms with Gasteiger partial charge in [0.05, 0.1) is 16.5 Å². The molecule has 28 heavy (non-hydrogen) atoms. The van der Waals surface area contributed by atoms with Crippen molar-refractivity contribution in [3.8, 4) is 0 Å². The van der Waals surface area contributed by atoms with Crippen LogP contribution in [0.4, 0.5) is 0 Å². The van der Waals surface area contributed by atoms with Crippen molar-refractivity contribution < 1.29 is 19.4 Å². The van der Waals surface area contributed by atoms with Crippen LogP contribution in [0, 0.1) is 25.2 Å². The number of ether oxygens (including phenoxy) is 1. The van der Waals surface area contributed by atoms with E-state index in [2.05, 4.69) is 5.32 Å². The Balaban J connectivity index is 2.12. The summed E-state index contributed by atoms with van der Waals surface area (Å²) in [5.41, 5.74) is 1.97. The molecule has 2 N–H and O–H groups in total. The number of carbonyl (C=O) groups excluding carboxylic acids is 2. The molecule has 1 aromatic carbocycles.